The fourth-order valence-corrected chi connectivity index (χ4v) is 0.907. The van der Waals surface area contributed by atoms with E-state index in [1.807, 2.05) is 0 Å². The van der Waals surface area contributed by atoms with Gasteiger partial charge in [0.15, 0.2) is 0 Å². The number of alkyl halides is 5. The summed E-state index contributed by atoms with van der Waals surface area (Å²) in [6.07, 6.45) is -8.37. The molecule has 0 saturated heterocycles. The van der Waals surface area contributed by atoms with E-state index < -0.39 is 35.9 Å². The van der Waals surface area contributed by atoms with Crippen molar-refractivity contribution < 1.29 is 31.1 Å². The van der Waals surface area contributed by atoms with Crippen LogP contribution in [0.1, 0.15) is 12.0 Å². The van der Waals surface area contributed by atoms with Crippen molar-refractivity contribution in [2.45, 2.75) is 12.8 Å². The molecule has 0 aliphatic carbocycles. The van der Waals surface area contributed by atoms with Crippen LogP contribution in [0.4, 0.5) is 32.2 Å². The summed E-state index contributed by atoms with van der Waals surface area (Å²) in [5, 5.41) is 0. The standard InChI is InChI=1S/C7H4F6N2O/c8-2-1-3(16-7(11,12)13)15-6(14)4(2)5(9)10/h1,5H,(H2,14,15). The van der Waals surface area contributed by atoms with Gasteiger partial charge in [0.25, 0.3) is 6.43 Å². The van der Waals surface area contributed by atoms with Crippen LogP contribution in [-0.2, 0) is 0 Å². The zero-order chi connectivity index (χ0) is 12.5. The Bertz CT molecular complexity index is 368. The summed E-state index contributed by atoms with van der Waals surface area (Å²) in [5.41, 5.74) is 3.61. The Hall–Kier alpha value is -1.67. The summed E-state index contributed by atoms with van der Waals surface area (Å²) in [6.45, 7) is 0. The van der Waals surface area contributed by atoms with Gasteiger partial charge in [0.2, 0.25) is 5.88 Å². The van der Waals surface area contributed by atoms with Crippen molar-refractivity contribution in [3.63, 3.8) is 0 Å². The number of anilines is 1. The van der Waals surface area contributed by atoms with Crippen molar-refractivity contribution in [2.75, 3.05) is 5.73 Å². The van der Waals surface area contributed by atoms with Crippen molar-refractivity contribution in [1.82, 2.24) is 4.98 Å². The number of aromatic nitrogens is 1. The highest BCUT2D eigenvalue weighted by Gasteiger charge is 2.33. The van der Waals surface area contributed by atoms with Gasteiger partial charge in [-0.25, -0.2) is 13.2 Å². The smallest absolute Gasteiger partial charge is 0.388 e. The van der Waals surface area contributed by atoms with Crippen molar-refractivity contribution >= 4 is 5.82 Å². The fraction of sp³-hybridized carbons (Fsp3) is 0.286. The topological polar surface area (TPSA) is 48.1 Å². The largest absolute Gasteiger partial charge is 0.574 e. The SMILES string of the molecule is Nc1nc(OC(F)(F)F)cc(F)c1C(F)F. The van der Waals surface area contributed by atoms with Crippen LogP contribution in [0, 0.1) is 5.82 Å². The molecule has 0 amide bonds. The molecular weight excluding hydrogens is 242 g/mol. The number of nitrogen functional groups attached to an aromatic ring is 1. The first-order valence-electron chi connectivity index (χ1n) is 3.70. The molecule has 1 heterocycles. The van der Waals surface area contributed by atoms with Crippen LogP contribution >= 0.6 is 0 Å². The molecule has 0 atom stereocenters. The van der Waals surface area contributed by atoms with Crippen LogP contribution in [0.5, 0.6) is 5.88 Å². The predicted molar refractivity (Wildman–Crippen MR) is 40.2 cm³/mol. The number of nitrogens with two attached hydrogens (primary N) is 1. The van der Waals surface area contributed by atoms with Crippen molar-refractivity contribution in [1.29, 1.82) is 0 Å². The molecule has 90 valence electrons. The first-order valence-corrected chi connectivity index (χ1v) is 3.70. The molecule has 0 spiro atoms. The first kappa shape index (κ1) is 12.4. The monoisotopic (exact) mass is 246 g/mol. The maximum atomic E-state index is 12.9. The van der Waals surface area contributed by atoms with Crippen LogP contribution in [0.15, 0.2) is 6.07 Å². The molecule has 0 unspecified atom stereocenters. The van der Waals surface area contributed by atoms with E-state index in [2.05, 4.69) is 9.72 Å². The number of halogens is 6. The van der Waals surface area contributed by atoms with Gasteiger partial charge < -0.3 is 10.5 Å². The molecule has 1 aromatic rings. The zero-order valence-corrected chi connectivity index (χ0v) is 7.36. The summed E-state index contributed by atoms with van der Waals surface area (Å²) in [6, 6.07) is 0.0886. The number of nitrogens with zero attached hydrogens (tertiary/aromatic N) is 1. The molecule has 3 nitrogen and oxygen atoms in total. The molecule has 0 bridgehead atoms. The van der Waals surface area contributed by atoms with Gasteiger partial charge in [0.1, 0.15) is 11.6 Å². The number of pyridine rings is 1. The molecule has 16 heavy (non-hydrogen) atoms. The van der Waals surface area contributed by atoms with E-state index in [1.54, 1.807) is 0 Å². The average molecular weight is 246 g/mol. The highest BCUT2D eigenvalue weighted by atomic mass is 19.4. The highest BCUT2D eigenvalue weighted by Crippen LogP contribution is 2.30. The second kappa shape index (κ2) is 4.06. The Morgan fingerprint density at radius 3 is 2.25 bits per heavy atom. The van der Waals surface area contributed by atoms with E-state index in [9.17, 15) is 26.3 Å². The summed E-state index contributed by atoms with van der Waals surface area (Å²) >= 11 is 0. The van der Waals surface area contributed by atoms with Gasteiger partial charge in [-0.1, -0.05) is 0 Å². The first-order chi connectivity index (χ1) is 7.20. The maximum Gasteiger partial charge on any atom is 0.574 e. The second-order valence-corrected chi connectivity index (χ2v) is 2.59. The lowest BCUT2D eigenvalue weighted by atomic mass is 10.2. The Balaban J connectivity index is 3.10. The van der Waals surface area contributed by atoms with E-state index in [0.717, 1.165) is 0 Å². The molecule has 1 aromatic heterocycles. The van der Waals surface area contributed by atoms with Crippen LogP contribution in [0.3, 0.4) is 0 Å². The van der Waals surface area contributed by atoms with Crippen molar-refractivity contribution in [2.24, 2.45) is 0 Å². The van der Waals surface area contributed by atoms with Crippen LogP contribution in [0.2, 0.25) is 0 Å². The molecule has 1 rings (SSSR count). The summed E-state index contributed by atoms with van der Waals surface area (Å²) in [5.74, 6) is -3.89. The lowest BCUT2D eigenvalue weighted by molar-refractivity contribution is -0.276. The third-order valence-corrected chi connectivity index (χ3v) is 1.45. The average Bonchev–Trinajstić information content (AvgIpc) is 1.96. The van der Waals surface area contributed by atoms with Gasteiger partial charge in [-0.05, 0) is 0 Å². The lowest BCUT2D eigenvalue weighted by Crippen LogP contribution is -2.18. The Labute approximate surface area is 84.8 Å². The molecule has 2 N–H and O–H groups in total. The summed E-state index contributed by atoms with van der Waals surface area (Å²) in [4.78, 5) is 2.86. The predicted octanol–water partition coefficient (Wildman–Crippen LogP) is 2.64. The summed E-state index contributed by atoms with van der Waals surface area (Å²) in [7, 11) is 0. The van der Waals surface area contributed by atoms with Crippen molar-refractivity contribution in [3.8, 4) is 5.88 Å². The van der Waals surface area contributed by atoms with Gasteiger partial charge in [-0.15, -0.1) is 13.2 Å². The third kappa shape index (κ3) is 2.91. The second-order valence-electron chi connectivity index (χ2n) is 2.59. The Morgan fingerprint density at radius 1 is 1.31 bits per heavy atom. The molecule has 0 radical (unpaired) electrons. The fourth-order valence-electron chi connectivity index (χ4n) is 0.907. The minimum Gasteiger partial charge on any atom is -0.388 e. The normalized spacial score (nSPS) is 11.9. The molecule has 0 fully saturated rings. The molecule has 0 aromatic carbocycles. The van der Waals surface area contributed by atoms with Gasteiger partial charge in [0.05, 0.1) is 5.56 Å². The van der Waals surface area contributed by atoms with Gasteiger partial charge in [-0.3, -0.25) is 0 Å². The van der Waals surface area contributed by atoms with E-state index in [0.29, 0.717) is 0 Å². The highest BCUT2D eigenvalue weighted by molar-refractivity contribution is 5.43. The van der Waals surface area contributed by atoms with Crippen LogP contribution in [-0.4, -0.2) is 11.3 Å². The number of hydrogen-bond donors (Lipinski definition) is 1. The molecule has 9 heteroatoms. The minimum absolute atomic E-state index is 0.0886. The van der Waals surface area contributed by atoms with Crippen molar-refractivity contribution in [3.05, 3.63) is 17.4 Å². The van der Waals surface area contributed by atoms with Gasteiger partial charge >= 0.3 is 6.36 Å². The molecular formula is C7H4F6N2O. The Morgan fingerprint density at radius 2 is 1.88 bits per heavy atom. The summed E-state index contributed by atoms with van der Waals surface area (Å²) < 4.78 is 75.5. The number of hydrogen-bond acceptors (Lipinski definition) is 3. The quantitative estimate of drug-likeness (QED) is 0.816. The number of rotatable bonds is 2. The van der Waals surface area contributed by atoms with Crippen LogP contribution < -0.4 is 10.5 Å². The Kier molecular flexibility index (Phi) is 3.15. The van der Waals surface area contributed by atoms with E-state index in [-0.39, 0.29) is 6.07 Å². The maximum absolute atomic E-state index is 12.9. The third-order valence-electron chi connectivity index (χ3n) is 1.45. The molecule has 0 aliphatic rings. The van der Waals surface area contributed by atoms with E-state index >= 15 is 0 Å². The zero-order valence-electron chi connectivity index (χ0n) is 7.36. The van der Waals surface area contributed by atoms with E-state index in [4.69, 9.17) is 5.73 Å². The molecule has 0 aliphatic heterocycles. The number of ether oxygens (including phenoxy) is 1. The lowest BCUT2D eigenvalue weighted by Gasteiger charge is -2.10. The minimum atomic E-state index is -5.10. The molecule has 0 saturated carbocycles. The van der Waals surface area contributed by atoms with Gasteiger partial charge in [-0.2, -0.15) is 4.98 Å². The van der Waals surface area contributed by atoms with Gasteiger partial charge in [0, 0.05) is 6.07 Å². The van der Waals surface area contributed by atoms with Crippen LogP contribution in [0.25, 0.3) is 0 Å². The van der Waals surface area contributed by atoms with E-state index in [1.165, 1.54) is 0 Å².